The monoisotopic (exact) mass is 282 g/mol. The maximum atomic E-state index is 5.69. The molecule has 0 spiro atoms. The van der Waals surface area contributed by atoms with Crippen molar-refractivity contribution in [3.8, 4) is 0 Å². The van der Waals surface area contributed by atoms with Crippen LogP contribution in [0.25, 0.3) is 0 Å². The average Bonchev–Trinajstić information content (AvgIpc) is 2.58. The maximum absolute atomic E-state index is 5.69. The Balaban J connectivity index is 2.36. The molecule has 1 aromatic rings. The third-order valence-corrected chi connectivity index (χ3v) is 3.79. The van der Waals surface area contributed by atoms with Gasteiger partial charge in [-0.2, -0.15) is 0 Å². The molecular formula is C13H19BrN2. The van der Waals surface area contributed by atoms with Crippen LogP contribution in [0.5, 0.6) is 0 Å². The zero-order valence-corrected chi connectivity index (χ0v) is 11.5. The van der Waals surface area contributed by atoms with Crippen molar-refractivity contribution >= 4 is 21.6 Å². The molecule has 2 rings (SSSR count). The van der Waals surface area contributed by atoms with Crippen LogP contribution >= 0.6 is 15.9 Å². The summed E-state index contributed by atoms with van der Waals surface area (Å²) < 4.78 is 1.17. The summed E-state index contributed by atoms with van der Waals surface area (Å²) in [6.45, 7) is 6.37. The van der Waals surface area contributed by atoms with Crippen LogP contribution in [0.1, 0.15) is 31.7 Å². The van der Waals surface area contributed by atoms with Gasteiger partial charge in [0, 0.05) is 28.7 Å². The van der Waals surface area contributed by atoms with Gasteiger partial charge in [-0.15, -0.1) is 0 Å². The molecule has 1 heterocycles. The Bertz CT molecular complexity index is 376. The van der Waals surface area contributed by atoms with Gasteiger partial charge >= 0.3 is 0 Å². The summed E-state index contributed by atoms with van der Waals surface area (Å²) in [5.74, 6) is 0.597. The fraction of sp³-hybridized carbons (Fsp3) is 0.538. The number of rotatable bonds is 3. The van der Waals surface area contributed by atoms with Crippen molar-refractivity contribution in [3.05, 3.63) is 28.2 Å². The van der Waals surface area contributed by atoms with Crippen molar-refractivity contribution < 1.29 is 0 Å². The molecule has 88 valence electrons. The molecule has 0 aromatic heterocycles. The zero-order chi connectivity index (χ0) is 11.7. The highest BCUT2D eigenvalue weighted by Gasteiger charge is 2.29. The minimum atomic E-state index is 0.558. The van der Waals surface area contributed by atoms with E-state index in [1.807, 2.05) is 0 Å². The molecule has 1 atom stereocenters. The topological polar surface area (TPSA) is 29.3 Å². The number of halogens is 1. The van der Waals surface area contributed by atoms with E-state index in [1.165, 1.54) is 15.7 Å². The van der Waals surface area contributed by atoms with Gasteiger partial charge in [-0.25, -0.2) is 0 Å². The minimum Gasteiger partial charge on any atom is -0.368 e. The maximum Gasteiger partial charge on any atom is 0.0405 e. The number of nitrogens with two attached hydrogens (primary N) is 1. The molecule has 1 unspecified atom stereocenters. The predicted molar refractivity (Wildman–Crippen MR) is 73.0 cm³/mol. The first kappa shape index (κ1) is 11.9. The quantitative estimate of drug-likeness (QED) is 0.923. The Morgan fingerprint density at radius 3 is 2.88 bits per heavy atom. The molecule has 0 radical (unpaired) electrons. The zero-order valence-electron chi connectivity index (χ0n) is 9.91. The number of anilines is 1. The van der Waals surface area contributed by atoms with Crippen molar-refractivity contribution in [1.82, 2.24) is 0 Å². The predicted octanol–water partition coefficient (Wildman–Crippen LogP) is 3.11. The van der Waals surface area contributed by atoms with Gasteiger partial charge in [0.15, 0.2) is 0 Å². The van der Waals surface area contributed by atoms with E-state index in [-0.39, 0.29) is 0 Å². The number of hydrogen-bond acceptors (Lipinski definition) is 2. The van der Waals surface area contributed by atoms with Crippen molar-refractivity contribution in [2.45, 2.75) is 32.2 Å². The summed E-state index contributed by atoms with van der Waals surface area (Å²) >= 11 is 3.55. The van der Waals surface area contributed by atoms with Crippen LogP contribution in [0, 0.1) is 0 Å². The van der Waals surface area contributed by atoms with Crippen LogP contribution < -0.4 is 10.6 Å². The molecule has 0 saturated heterocycles. The lowest BCUT2D eigenvalue weighted by atomic mass is 9.98. The molecule has 1 aromatic carbocycles. The van der Waals surface area contributed by atoms with E-state index in [9.17, 15) is 0 Å². The molecular weight excluding hydrogens is 264 g/mol. The molecule has 16 heavy (non-hydrogen) atoms. The highest BCUT2D eigenvalue weighted by molar-refractivity contribution is 9.10. The van der Waals surface area contributed by atoms with Crippen molar-refractivity contribution in [1.29, 1.82) is 0 Å². The van der Waals surface area contributed by atoms with Gasteiger partial charge < -0.3 is 10.6 Å². The normalized spacial score (nSPS) is 19.3. The fourth-order valence-electron chi connectivity index (χ4n) is 2.49. The van der Waals surface area contributed by atoms with Gasteiger partial charge in [0.05, 0.1) is 0 Å². The van der Waals surface area contributed by atoms with Gasteiger partial charge in [-0.3, -0.25) is 0 Å². The Morgan fingerprint density at radius 1 is 1.50 bits per heavy atom. The molecule has 0 saturated carbocycles. The third kappa shape index (κ3) is 2.11. The van der Waals surface area contributed by atoms with Gasteiger partial charge in [0.2, 0.25) is 0 Å². The second-order valence-corrected chi connectivity index (χ2v) is 5.64. The Morgan fingerprint density at radius 2 is 2.25 bits per heavy atom. The van der Waals surface area contributed by atoms with E-state index < -0.39 is 0 Å². The number of hydrogen-bond donors (Lipinski definition) is 1. The van der Waals surface area contributed by atoms with Crippen molar-refractivity contribution in [2.75, 3.05) is 18.0 Å². The largest absolute Gasteiger partial charge is 0.368 e. The number of nitrogens with zero attached hydrogens (tertiary/aromatic N) is 1. The standard InChI is InChI=1S/C13H19BrN2/c1-9(2)16-8-10(5-6-15)12-7-11(14)3-4-13(12)16/h3-4,7,9-10H,5-6,8,15H2,1-2H3. The van der Waals surface area contributed by atoms with E-state index in [1.54, 1.807) is 0 Å². The van der Waals surface area contributed by atoms with Crippen LogP contribution in [-0.2, 0) is 0 Å². The summed E-state index contributed by atoms with van der Waals surface area (Å²) in [5, 5.41) is 0. The Labute approximate surface area is 106 Å². The van der Waals surface area contributed by atoms with E-state index >= 15 is 0 Å². The van der Waals surface area contributed by atoms with E-state index in [4.69, 9.17) is 5.73 Å². The van der Waals surface area contributed by atoms with E-state index in [0.29, 0.717) is 12.0 Å². The lowest BCUT2D eigenvalue weighted by Gasteiger charge is -2.24. The average molecular weight is 283 g/mol. The lowest BCUT2D eigenvalue weighted by Crippen LogP contribution is -2.29. The molecule has 1 aliphatic rings. The van der Waals surface area contributed by atoms with Crippen LogP contribution in [-0.4, -0.2) is 19.1 Å². The van der Waals surface area contributed by atoms with E-state index in [2.05, 4.69) is 52.9 Å². The minimum absolute atomic E-state index is 0.558. The first-order valence-electron chi connectivity index (χ1n) is 5.89. The second-order valence-electron chi connectivity index (χ2n) is 4.72. The van der Waals surface area contributed by atoms with Crippen LogP contribution in [0.4, 0.5) is 5.69 Å². The first-order chi connectivity index (χ1) is 7.63. The first-order valence-corrected chi connectivity index (χ1v) is 6.69. The molecule has 0 amide bonds. The van der Waals surface area contributed by atoms with Crippen LogP contribution in [0.2, 0.25) is 0 Å². The molecule has 0 bridgehead atoms. The Hall–Kier alpha value is -0.540. The van der Waals surface area contributed by atoms with Crippen molar-refractivity contribution in [3.63, 3.8) is 0 Å². The van der Waals surface area contributed by atoms with E-state index in [0.717, 1.165) is 19.5 Å². The fourth-order valence-corrected chi connectivity index (χ4v) is 2.86. The van der Waals surface area contributed by atoms with Gasteiger partial charge in [0.25, 0.3) is 0 Å². The molecule has 1 aliphatic heterocycles. The molecule has 0 aliphatic carbocycles. The molecule has 2 nitrogen and oxygen atoms in total. The van der Waals surface area contributed by atoms with Gasteiger partial charge in [0.1, 0.15) is 0 Å². The lowest BCUT2D eigenvalue weighted by molar-refractivity contribution is 0.613. The summed E-state index contributed by atoms with van der Waals surface area (Å²) in [6, 6.07) is 7.15. The SMILES string of the molecule is CC(C)N1CC(CCN)c2cc(Br)ccc21. The second kappa shape index (κ2) is 4.76. The number of benzene rings is 1. The molecule has 0 fully saturated rings. The summed E-state index contributed by atoms with van der Waals surface area (Å²) in [4.78, 5) is 2.47. The summed E-state index contributed by atoms with van der Waals surface area (Å²) in [7, 11) is 0. The summed E-state index contributed by atoms with van der Waals surface area (Å²) in [5.41, 5.74) is 8.53. The van der Waals surface area contributed by atoms with Crippen molar-refractivity contribution in [2.24, 2.45) is 5.73 Å². The molecule has 2 N–H and O–H groups in total. The highest BCUT2D eigenvalue weighted by atomic mass is 79.9. The Kier molecular flexibility index (Phi) is 3.55. The molecule has 3 heteroatoms. The highest BCUT2D eigenvalue weighted by Crippen LogP contribution is 2.40. The summed E-state index contributed by atoms with van der Waals surface area (Å²) in [6.07, 6.45) is 1.08. The van der Waals surface area contributed by atoms with Crippen LogP contribution in [0.3, 0.4) is 0 Å². The smallest absolute Gasteiger partial charge is 0.0405 e. The van der Waals surface area contributed by atoms with Gasteiger partial charge in [-0.1, -0.05) is 15.9 Å². The third-order valence-electron chi connectivity index (χ3n) is 3.29. The van der Waals surface area contributed by atoms with Crippen LogP contribution in [0.15, 0.2) is 22.7 Å². The van der Waals surface area contributed by atoms with Gasteiger partial charge in [-0.05, 0) is 50.6 Å². The number of fused-ring (bicyclic) bond motifs is 1.